The van der Waals surface area contributed by atoms with E-state index < -0.39 is 0 Å². The maximum absolute atomic E-state index is 9.34. The summed E-state index contributed by atoms with van der Waals surface area (Å²) in [6, 6.07) is 8.10. The highest BCUT2D eigenvalue weighted by atomic mass is 35.5. The van der Waals surface area contributed by atoms with E-state index in [9.17, 15) is 5.11 Å². The van der Waals surface area contributed by atoms with Gasteiger partial charge in [0.25, 0.3) is 0 Å². The lowest BCUT2D eigenvalue weighted by atomic mass is 10.0. The second-order valence-corrected chi connectivity index (χ2v) is 3.73. The van der Waals surface area contributed by atoms with Gasteiger partial charge in [-0.15, -0.1) is 12.4 Å². The Hall–Kier alpha value is -0.730. The lowest BCUT2D eigenvalue weighted by Gasteiger charge is -2.19. The molecule has 1 aliphatic rings. The predicted octanol–water partition coefficient (Wildman–Crippen LogP) is 2.58. The van der Waals surface area contributed by atoms with Gasteiger partial charge in [0.2, 0.25) is 0 Å². The van der Waals surface area contributed by atoms with Crippen LogP contribution < -0.4 is 0 Å². The number of rotatable bonds is 1. The Bertz CT molecular complexity index is 303. The molecule has 78 valence electrons. The van der Waals surface area contributed by atoms with Crippen LogP contribution in [0, 0.1) is 0 Å². The Kier molecular flexibility index (Phi) is 3.78. The van der Waals surface area contributed by atoms with Crippen LogP contribution in [0.3, 0.4) is 0 Å². The molecule has 1 heterocycles. The minimum Gasteiger partial charge on any atom is -0.508 e. The van der Waals surface area contributed by atoms with Crippen LogP contribution in [-0.2, 0) is 0 Å². The van der Waals surface area contributed by atoms with Crippen LogP contribution in [0.5, 0.6) is 5.75 Å². The SMILES string of the molecule is CN1CCCC1c1cccc(O)c1.Cl. The fourth-order valence-corrected chi connectivity index (χ4v) is 2.06. The summed E-state index contributed by atoms with van der Waals surface area (Å²) in [4.78, 5) is 2.34. The highest BCUT2D eigenvalue weighted by Gasteiger charge is 2.22. The summed E-state index contributed by atoms with van der Waals surface area (Å²) in [6.45, 7) is 1.17. The highest BCUT2D eigenvalue weighted by Crippen LogP contribution is 2.31. The topological polar surface area (TPSA) is 23.5 Å². The van der Waals surface area contributed by atoms with Crippen molar-refractivity contribution in [1.82, 2.24) is 4.90 Å². The number of phenols is 1. The zero-order valence-corrected chi connectivity index (χ0v) is 9.13. The number of hydrogen-bond acceptors (Lipinski definition) is 2. The van der Waals surface area contributed by atoms with Gasteiger partial charge < -0.3 is 5.11 Å². The molecule has 1 unspecified atom stereocenters. The van der Waals surface area contributed by atoms with Crippen molar-refractivity contribution in [2.75, 3.05) is 13.6 Å². The molecule has 0 aromatic heterocycles. The van der Waals surface area contributed by atoms with Crippen molar-refractivity contribution in [2.24, 2.45) is 0 Å². The quantitative estimate of drug-likeness (QED) is 0.775. The van der Waals surface area contributed by atoms with Crippen LogP contribution >= 0.6 is 12.4 Å². The molecule has 0 amide bonds. The lowest BCUT2D eigenvalue weighted by Crippen LogP contribution is -2.17. The van der Waals surface area contributed by atoms with E-state index in [2.05, 4.69) is 18.0 Å². The van der Waals surface area contributed by atoms with Gasteiger partial charge in [-0.1, -0.05) is 12.1 Å². The van der Waals surface area contributed by atoms with Gasteiger partial charge in [0.15, 0.2) is 0 Å². The molecule has 1 aromatic carbocycles. The summed E-state index contributed by atoms with van der Waals surface area (Å²) >= 11 is 0. The van der Waals surface area contributed by atoms with Crippen molar-refractivity contribution in [2.45, 2.75) is 18.9 Å². The zero-order valence-electron chi connectivity index (χ0n) is 8.31. The molecule has 1 N–H and O–H groups in total. The molecule has 0 saturated carbocycles. The molecule has 1 fully saturated rings. The molecule has 2 nitrogen and oxygen atoms in total. The molecule has 0 spiro atoms. The first-order valence-electron chi connectivity index (χ1n) is 4.76. The summed E-state index contributed by atoms with van der Waals surface area (Å²) in [7, 11) is 2.14. The molecule has 1 saturated heterocycles. The number of benzene rings is 1. The van der Waals surface area contributed by atoms with Gasteiger partial charge in [-0.3, -0.25) is 4.90 Å². The summed E-state index contributed by atoms with van der Waals surface area (Å²) in [6.07, 6.45) is 2.47. The maximum Gasteiger partial charge on any atom is 0.115 e. The molecule has 14 heavy (non-hydrogen) atoms. The van der Waals surface area contributed by atoms with Crippen molar-refractivity contribution in [3.63, 3.8) is 0 Å². The van der Waals surface area contributed by atoms with Gasteiger partial charge in [-0.25, -0.2) is 0 Å². The Morgan fingerprint density at radius 2 is 2.21 bits per heavy atom. The van der Waals surface area contributed by atoms with Gasteiger partial charge in [0, 0.05) is 6.04 Å². The van der Waals surface area contributed by atoms with Crippen molar-refractivity contribution >= 4 is 12.4 Å². The van der Waals surface area contributed by atoms with E-state index in [1.165, 1.54) is 24.9 Å². The van der Waals surface area contributed by atoms with E-state index in [0.717, 1.165) is 0 Å². The molecular formula is C11H16ClNO. The number of likely N-dealkylation sites (tertiary alicyclic amines) is 1. The van der Waals surface area contributed by atoms with Crippen molar-refractivity contribution in [3.05, 3.63) is 29.8 Å². The highest BCUT2D eigenvalue weighted by molar-refractivity contribution is 5.85. The molecular weight excluding hydrogens is 198 g/mol. The smallest absolute Gasteiger partial charge is 0.115 e. The van der Waals surface area contributed by atoms with Crippen molar-refractivity contribution in [3.8, 4) is 5.75 Å². The Morgan fingerprint density at radius 3 is 2.79 bits per heavy atom. The van der Waals surface area contributed by atoms with E-state index in [1.54, 1.807) is 6.07 Å². The van der Waals surface area contributed by atoms with Gasteiger partial charge in [-0.2, -0.15) is 0 Å². The molecule has 0 bridgehead atoms. The molecule has 1 atom stereocenters. The Balaban J connectivity index is 0.000000980. The largest absolute Gasteiger partial charge is 0.508 e. The van der Waals surface area contributed by atoms with Crippen LogP contribution in [0.2, 0.25) is 0 Å². The molecule has 3 heteroatoms. The standard InChI is InChI=1S/C11H15NO.ClH/c1-12-7-3-6-11(12)9-4-2-5-10(13)8-9;/h2,4-5,8,11,13H,3,6-7H2,1H3;1H. The van der Waals surface area contributed by atoms with Gasteiger partial charge >= 0.3 is 0 Å². The normalized spacial score (nSPS) is 21.9. The van der Waals surface area contributed by atoms with Crippen LogP contribution in [0.4, 0.5) is 0 Å². The third-order valence-corrected chi connectivity index (χ3v) is 2.78. The van der Waals surface area contributed by atoms with Gasteiger partial charge in [0.05, 0.1) is 0 Å². The fourth-order valence-electron chi connectivity index (χ4n) is 2.06. The minimum absolute atomic E-state index is 0. The summed E-state index contributed by atoms with van der Waals surface area (Å²) in [5.74, 6) is 0.373. The van der Waals surface area contributed by atoms with E-state index in [-0.39, 0.29) is 12.4 Å². The third kappa shape index (κ3) is 2.20. The van der Waals surface area contributed by atoms with E-state index >= 15 is 0 Å². The maximum atomic E-state index is 9.34. The van der Waals surface area contributed by atoms with Crippen LogP contribution in [0.15, 0.2) is 24.3 Å². The average Bonchev–Trinajstić information content (AvgIpc) is 2.51. The van der Waals surface area contributed by atoms with Gasteiger partial charge in [-0.05, 0) is 44.1 Å². The second kappa shape index (κ2) is 4.67. The molecule has 0 aliphatic carbocycles. The summed E-state index contributed by atoms with van der Waals surface area (Å²) in [5, 5.41) is 9.34. The number of halogens is 1. The molecule has 0 radical (unpaired) electrons. The Morgan fingerprint density at radius 1 is 1.43 bits per heavy atom. The number of phenolic OH excluding ortho intramolecular Hbond substituents is 1. The van der Waals surface area contributed by atoms with Crippen LogP contribution in [-0.4, -0.2) is 23.6 Å². The monoisotopic (exact) mass is 213 g/mol. The molecule has 2 rings (SSSR count). The fraction of sp³-hybridized carbons (Fsp3) is 0.455. The molecule has 1 aliphatic heterocycles. The first-order valence-corrected chi connectivity index (χ1v) is 4.76. The van der Waals surface area contributed by atoms with E-state index in [4.69, 9.17) is 0 Å². The third-order valence-electron chi connectivity index (χ3n) is 2.78. The lowest BCUT2D eigenvalue weighted by molar-refractivity contribution is 0.316. The van der Waals surface area contributed by atoms with E-state index in [0.29, 0.717) is 11.8 Å². The summed E-state index contributed by atoms with van der Waals surface area (Å²) in [5.41, 5.74) is 1.24. The van der Waals surface area contributed by atoms with Crippen molar-refractivity contribution in [1.29, 1.82) is 0 Å². The van der Waals surface area contributed by atoms with Crippen molar-refractivity contribution < 1.29 is 5.11 Å². The minimum atomic E-state index is 0. The summed E-state index contributed by atoms with van der Waals surface area (Å²) < 4.78 is 0. The zero-order chi connectivity index (χ0) is 9.26. The number of aromatic hydroxyl groups is 1. The predicted molar refractivity (Wildman–Crippen MR) is 60.0 cm³/mol. The molecule has 1 aromatic rings. The first-order chi connectivity index (χ1) is 6.27. The van der Waals surface area contributed by atoms with E-state index in [1.807, 2.05) is 12.1 Å². The number of hydrogen-bond donors (Lipinski definition) is 1. The number of nitrogens with zero attached hydrogens (tertiary/aromatic N) is 1. The Labute approximate surface area is 91.0 Å². The second-order valence-electron chi connectivity index (χ2n) is 3.73. The van der Waals surface area contributed by atoms with Crippen LogP contribution in [0.25, 0.3) is 0 Å². The first kappa shape index (κ1) is 11.3. The average molecular weight is 214 g/mol. The van der Waals surface area contributed by atoms with Gasteiger partial charge in [0.1, 0.15) is 5.75 Å². The van der Waals surface area contributed by atoms with Crippen LogP contribution in [0.1, 0.15) is 24.4 Å².